The van der Waals surface area contributed by atoms with E-state index in [2.05, 4.69) is 5.32 Å². The molecule has 2 aromatic rings. The Morgan fingerprint density at radius 3 is 2.20 bits per heavy atom. The van der Waals surface area contributed by atoms with Gasteiger partial charge in [-0.3, -0.25) is 4.79 Å². The molecule has 0 bridgehead atoms. The lowest BCUT2D eigenvalue weighted by atomic mass is 10.1. The van der Waals surface area contributed by atoms with Crippen LogP contribution in [0, 0.1) is 11.6 Å². The maximum atomic E-state index is 13.5. The van der Waals surface area contributed by atoms with E-state index >= 15 is 0 Å². The predicted molar refractivity (Wildman–Crippen MR) is 70.1 cm³/mol. The van der Waals surface area contributed by atoms with Crippen LogP contribution >= 0.6 is 0 Å². The number of carbonyl (C=O) groups excluding carboxylic acids is 1. The average Bonchev–Trinajstić information content (AvgIpc) is 2.45. The van der Waals surface area contributed by atoms with E-state index in [1.165, 1.54) is 6.07 Å². The molecule has 0 spiro atoms. The van der Waals surface area contributed by atoms with Crippen molar-refractivity contribution in [3.63, 3.8) is 0 Å². The molecule has 0 radical (unpaired) electrons. The third kappa shape index (κ3) is 3.00. The Bertz CT molecular complexity index is 582. The van der Waals surface area contributed by atoms with Crippen molar-refractivity contribution in [1.29, 1.82) is 0 Å². The van der Waals surface area contributed by atoms with E-state index in [-0.39, 0.29) is 6.61 Å². The van der Waals surface area contributed by atoms with Crippen molar-refractivity contribution < 1.29 is 18.7 Å². The van der Waals surface area contributed by atoms with Crippen molar-refractivity contribution in [3.8, 4) is 0 Å². The van der Waals surface area contributed by atoms with Crippen LogP contribution in [0.5, 0.6) is 0 Å². The van der Waals surface area contributed by atoms with Crippen LogP contribution in [0.25, 0.3) is 0 Å². The number of amides is 1. The normalized spacial score (nSPS) is 11.9. The molecule has 3 nitrogen and oxygen atoms in total. The van der Waals surface area contributed by atoms with E-state index in [0.29, 0.717) is 5.56 Å². The van der Waals surface area contributed by atoms with Crippen LogP contribution in [-0.4, -0.2) is 17.6 Å². The van der Waals surface area contributed by atoms with Gasteiger partial charge in [0.15, 0.2) is 0 Å². The second-order valence-corrected chi connectivity index (χ2v) is 4.22. The highest BCUT2D eigenvalue weighted by Crippen LogP contribution is 2.16. The molecule has 2 aromatic carbocycles. The zero-order chi connectivity index (χ0) is 14.5. The second kappa shape index (κ2) is 6.25. The van der Waals surface area contributed by atoms with E-state index < -0.39 is 29.1 Å². The Kier molecular flexibility index (Phi) is 4.42. The first-order chi connectivity index (χ1) is 9.63. The summed E-state index contributed by atoms with van der Waals surface area (Å²) in [7, 11) is 0. The highest BCUT2D eigenvalue weighted by atomic mass is 19.1. The Hall–Kier alpha value is -2.27. The number of aliphatic hydroxyl groups is 1. The van der Waals surface area contributed by atoms with Crippen LogP contribution in [0.15, 0.2) is 48.5 Å². The van der Waals surface area contributed by atoms with Crippen molar-refractivity contribution >= 4 is 5.91 Å². The number of rotatable bonds is 4. The molecular formula is C15H13F2NO2. The zero-order valence-electron chi connectivity index (χ0n) is 10.5. The summed E-state index contributed by atoms with van der Waals surface area (Å²) in [5.74, 6) is -2.77. The third-order valence-corrected chi connectivity index (χ3v) is 2.88. The first-order valence-electron chi connectivity index (χ1n) is 6.04. The second-order valence-electron chi connectivity index (χ2n) is 4.22. The Morgan fingerprint density at radius 2 is 1.65 bits per heavy atom. The van der Waals surface area contributed by atoms with Gasteiger partial charge >= 0.3 is 0 Å². The van der Waals surface area contributed by atoms with Crippen LogP contribution in [0.1, 0.15) is 22.0 Å². The molecule has 0 heterocycles. The van der Waals surface area contributed by atoms with Crippen LogP contribution in [-0.2, 0) is 0 Å². The fraction of sp³-hybridized carbons (Fsp3) is 0.133. The van der Waals surface area contributed by atoms with E-state index in [4.69, 9.17) is 0 Å². The molecule has 20 heavy (non-hydrogen) atoms. The van der Waals surface area contributed by atoms with Crippen LogP contribution in [0.3, 0.4) is 0 Å². The summed E-state index contributed by atoms with van der Waals surface area (Å²) in [6.45, 7) is -0.369. The third-order valence-electron chi connectivity index (χ3n) is 2.88. The molecule has 5 heteroatoms. The predicted octanol–water partition coefficient (Wildman–Crippen LogP) is 2.43. The summed E-state index contributed by atoms with van der Waals surface area (Å²) in [5.41, 5.74) is 0.00183. The number of hydrogen-bond acceptors (Lipinski definition) is 2. The lowest BCUT2D eigenvalue weighted by molar-refractivity contribution is 0.0907. The first-order valence-corrected chi connectivity index (χ1v) is 6.04. The molecule has 1 atom stereocenters. The molecule has 104 valence electrons. The highest BCUT2D eigenvalue weighted by Gasteiger charge is 2.20. The molecule has 0 aliphatic rings. The number of carbonyl (C=O) groups is 1. The number of hydrogen-bond donors (Lipinski definition) is 2. The molecule has 2 N–H and O–H groups in total. The smallest absolute Gasteiger partial charge is 0.257 e. The monoisotopic (exact) mass is 277 g/mol. The summed E-state index contributed by atoms with van der Waals surface area (Å²) in [4.78, 5) is 11.9. The van der Waals surface area contributed by atoms with Gasteiger partial charge < -0.3 is 10.4 Å². The molecule has 0 fully saturated rings. The fourth-order valence-corrected chi connectivity index (χ4v) is 1.86. The van der Waals surface area contributed by atoms with Crippen LogP contribution in [0.4, 0.5) is 8.78 Å². The lowest BCUT2D eigenvalue weighted by Gasteiger charge is -2.17. The van der Waals surface area contributed by atoms with Crippen molar-refractivity contribution in [1.82, 2.24) is 5.32 Å². The van der Waals surface area contributed by atoms with Gasteiger partial charge in [-0.05, 0) is 17.7 Å². The molecule has 0 saturated carbocycles. The Balaban J connectivity index is 2.22. The summed E-state index contributed by atoms with van der Waals surface area (Å²) in [6.07, 6.45) is 0. The first kappa shape index (κ1) is 14.1. The fourth-order valence-electron chi connectivity index (χ4n) is 1.86. The van der Waals surface area contributed by atoms with Crippen molar-refractivity contribution in [3.05, 3.63) is 71.3 Å². The van der Waals surface area contributed by atoms with E-state index in [9.17, 15) is 18.7 Å². The summed E-state index contributed by atoms with van der Waals surface area (Å²) in [5, 5.41) is 11.7. The number of halogens is 2. The molecule has 1 amide bonds. The lowest BCUT2D eigenvalue weighted by Crippen LogP contribution is -2.32. The van der Waals surface area contributed by atoms with Gasteiger partial charge in [0.2, 0.25) is 0 Å². The largest absolute Gasteiger partial charge is 0.394 e. The van der Waals surface area contributed by atoms with Gasteiger partial charge in [0.25, 0.3) is 5.91 Å². The minimum absolute atomic E-state index is 0.369. The topological polar surface area (TPSA) is 49.3 Å². The standard InChI is InChI=1S/C15H13F2NO2/c16-11-7-4-8-12(17)14(11)15(20)18-13(9-19)10-5-2-1-3-6-10/h1-8,13,19H,9H2,(H,18,20)/t13-/m0/s1. The molecule has 0 aromatic heterocycles. The molecular weight excluding hydrogens is 264 g/mol. The van der Waals surface area contributed by atoms with Crippen molar-refractivity contribution in [2.45, 2.75) is 6.04 Å². The van der Waals surface area contributed by atoms with Gasteiger partial charge in [-0.25, -0.2) is 8.78 Å². The SMILES string of the molecule is O=C(N[C@@H](CO)c1ccccc1)c1c(F)cccc1F. The van der Waals surface area contributed by atoms with Gasteiger partial charge in [0, 0.05) is 0 Å². The molecule has 0 aliphatic heterocycles. The number of aliphatic hydroxyl groups excluding tert-OH is 1. The average molecular weight is 277 g/mol. The van der Waals surface area contributed by atoms with Crippen molar-refractivity contribution in [2.75, 3.05) is 6.61 Å². The molecule has 0 aliphatic carbocycles. The minimum atomic E-state index is -0.938. The van der Waals surface area contributed by atoms with Gasteiger partial charge in [-0.2, -0.15) is 0 Å². The van der Waals surface area contributed by atoms with Gasteiger partial charge in [-0.15, -0.1) is 0 Å². The molecule has 0 saturated heterocycles. The van der Waals surface area contributed by atoms with Crippen molar-refractivity contribution in [2.24, 2.45) is 0 Å². The van der Waals surface area contributed by atoms with Crippen LogP contribution < -0.4 is 5.32 Å². The Morgan fingerprint density at radius 1 is 1.05 bits per heavy atom. The van der Waals surface area contributed by atoms with Gasteiger partial charge in [0.05, 0.1) is 12.6 Å². The van der Waals surface area contributed by atoms with Crippen LogP contribution in [0.2, 0.25) is 0 Å². The zero-order valence-corrected chi connectivity index (χ0v) is 10.5. The number of benzene rings is 2. The summed E-state index contributed by atoms with van der Waals surface area (Å²) >= 11 is 0. The van der Waals surface area contributed by atoms with Gasteiger partial charge in [0.1, 0.15) is 17.2 Å². The Labute approximate surface area is 114 Å². The van der Waals surface area contributed by atoms with Gasteiger partial charge in [-0.1, -0.05) is 36.4 Å². The quantitative estimate of drug-likeness (QED) is 0.901. The summed E-state index contributed by atoms with van der Waals surface area (Å²) < 4.78 is 27.0. The van der Waals surface area contributed by atoms with E-state index in [0.717, 1.165) is 12.1 Å². The van der Waals surface area contributed by atoms with E-state index in [1.807, 2.05) is 0 Å². The maximum absolute atomic E-state index is 13.5. The number of nitrogens with one attached hydrogen (secondary N) is 1. The molecule has 2 rings (SSSR count). The minimum Gasteiger partial charge on any atom is -0.394 e. The van der Waals surface area contributed by atoms with E-state index in [1.54, 1.807) is 30.3 Å². The summed E-state index contributed by atoms with van der Waals surface area (Å²) in [6, 6.07) is 11.2. The maximum Gasteiger partial charge on any atom is 0.257 e. The molecule has 0 unspecified atom stereocenters. The highest BCUT2D eigenvalue weighted by molar-refractivity contribution is 5.95.